The Labute approximate surface area is 117 Å². The lowest BCUT2D eigenvalue weighted by molar-refractivity contribution is 0.252. The number of nitrogens with one attached hydrogen (secondary N) is 3. The predicted octanol–water partition coefficient (Wildman–Crippen LogP) is 1.02. The maximum atomic E-state index is 11.6. The molecule has 20 heavy (non-hydrogen) atoms. The van der Waals surface area contributed by atoms with E-state index in [2.05, 4.69) is 25.8 Å². The first-order valence-corrected chi connectivity index (χ1v) is 6.46. The van der Waals surface area contributed by atoms with Gasteiger partial charge in [-0.25, -0.2) is 9.78 Å². The highest BCUT2D eigenvalue weighted by molar-refractivity contribution is 5.89. The minimum absolute atomic E-state index is 0.219. The standard InChI is InChI=1S/C13H18N6O/c14-8-10-3-5-11(6-4-10)18-13(20)15-7-1-2-12-16-9-17-19-12/h3-6,9H,1-2,7-8,14H2,(H2,15,18,20)(H,16,17,19). The molecule has 2 rings (SSSR count). The number of amides is 2. The molecule has 0 saturated carbocycles. The third-order valence-electron chi connectivity index (χ3n) is 2.79. The van der Waals surface area contributed by atoms with Gasteiger partial charge >= 0.3 is 6.03 Å². The number of benzene rings is 1. The molecule has 0 aliphatic carbocycles. The summed E-state index contributed by atoms with van der Waals surface area (Å²) < 4.78 is 0. The SMILES string of the molecule is NCc1ccc(NC(=O)NCCCc2ncn[nH]2)cc1. The fourth-order valence-corrected chi connectivity index (χ4v) is 1.71. The number of carbonyl (C=O) groups excluding carboxylic acids is 1. The molecule has 2 amide bonds. The predicted molar refractivity (Wildman–Crippen MR) is 76.1 cm³/mol. The van der Waals surface area contributed by atoms with Crippen molar-refractivity contribution in [3.8, 4) is 0 Å². The van der Waals surface area contributed by atoms with Gasteiger partial charge < -0.3 is 16.4 Å². The van der Waals surface area contributed by atoms with Crippen molar-refractivity contribution in [3.05, 3.63) is 42.0 Å². The van der Waals surface area contributed by atoms with Crippen LogP contribution in [0.15, 0.2) is 30.6 Å². The number of nitrogens with zero attached hydrogens (tertiary/aromatic N) is 2. The quantitative estimate of drug-likeness (QED) is 0.589. The van der Waals surface area contributed by atoms with Gasteiger partial charge in [0, 0.05) is 25.2 Å². The third-order valence-corrected chi connectivity index (χ3v) is 2.79. The van der Waals surface area contributed by atoms with Crippen LogP contribution >= 0.6 is 0 Å². The van der Waals surface area contributed by atoms with Crippen molar-refractivity contribution in [2.24, 2.45) is 5.73 Å². The molecule has 0 spiro atoms. The molecular formula is C13H18N6O. The first-order valence-electron chi connectivity index (χ1n) is 6.46. The topological polar surface area (TPSA) is 109 Å². The van der Waals surface area contributed by atoms with Crippen molar-refractivity contribution in [2.75, 3.05) is 11.9 Å². The van der Waals surface area contributed by atoms with Crippen LogP contribution in [0.4, 0.5) is 10.5 Å². The third kappa shape index (κ3) is 4.36. The number of anilines is 1. The average Bonchev–Trinajstić information content (AvgIpc) is 2.98. The number of H-pyrrole nitrogens is 1. The van der Waals surface area contributed by atoms with E-state index < -0.39 is 0 Å². The Morgan fingerprint density at radius 2 is 2.10 bits per heavy atom. The molecule has 0 aliphatic heterocycles. The summed E-state index contributed by atoms with van der Waals surface area (Å²) in [6.07, 6.45) is 3.03. The molecule has 0 unspecified atom stereocenters. The lowest BCUT2D eigenvalue weighted by Gasteiger charge is -2.07. The van der Waals surface area contributed by atoms with Crippen molar-refractivity contribution >= 4 is 11.7 Å². The van der Waals surface area contributed by atoms with Gasteiger partial charge in [-0.15, -0.1) is 0 Å². The monoisotopic (exact) mass is 274 g/mol. The molecule has 0 bridgehead atoms. The van der Waals surface area contributed by atoms with Gasteiger partial charge in [-0.05, 0) is 24.1 Å². The van der Waals surface area contributed by atoms with Crippen LogP contribution < -0.4 is 16.4 Å². The Balaban J connectivity index is 1.66. The summed E-state index contributed by atoms with van der Waals surface area (Å²) in [6.45, 7) is 1.07. The van der Waals surface area contributed by atoms with E-state index in [1.165, 1.54) is 6.33 Å². The zero-order chi connectivity index (χ0) is 14.2. The fraction of sp³-hybridized carbons (Fsp3) is 0.308. The number of nitrogens with two attached hydrogens (primary N) is 1. The number of rotatable bonds is 6. The van der Waals surface area contributed by atoms with E-state index in [0.717, 1.165) is 29.9 Å². The number of hydrogen-bond acceptors (Lipinski definition) is 4. The van der Waals surface area contributed by atoms with Gasteiger partial charge in [0.25, 0.3) is 0 Å². The van der Waals surface area contributed by atoms with Crippen molar-refractivity contribution in [1.82, 2.24) is 20.5 Å². The van der Waals surface area contributed by atoms with Crippen LogP contribution in [0.3, 0.4) is 0 Å². The largest absolute Gasteiger partial charge is 0.338 e. The van der Waals surface area contributed by atoms with E-state index in [0.29, 0.717) is 13.1 Å². The summed E-state index contributed by atoms with van der Waals surface area (Å²) in [5.41, 5.74) is 7.29. The van der Waals surface area contributed by atoms with E-state index >= 15 is 0 Å². The van der Waals surface area contributed by atoms with E-state index in [4.69, 9.17) is 5.73 Å². The summed E-state index contributed by atoms with van der Waals surface area (Å²) in [4.78, 5) is 15.7. The zero-order valence-corrected chi connectivity index (χ0v) is 11.1. The van der Waals surface area contributed by atoms with Gasteiger partial charge in [0.15, 0.2) is 0 Å². The molecule has 1 heterocycles. The Morgan fingerprint density at radius 3 is 2.75 bits per heavy atom. The second kappa shape index (κ2) is 7.25. The van der Waals surface area contributed by atoms with E-state index in [9.17, 15) is 4.79 Å². The first kappa shape index (κ1) is 14.0. The Kier molecular flexibility index (Phi) is 5.08. The number of hydrogen-bond donors (Lipinski definition) is 4. The Morgan fingerprint density at radius 1 is 1.30 bits per heavy atom. The number of carbonyl (C=O) groups is 1. The molecule has 0 fully saturated rings. The van der Waals surface area contributed by atoms with Gasteiger partial charge in [-0.2, -0.15) is 5.10 Å². The second-order valence-electron chi connectivity index (χ2n) is 4.32. The summed E-state index contributed by atoms with van der Waals surface area (Å²) >= 11 is 0. The van der Waals surface area contributed by atoms with Crippen LogP contribution in [0.2, 0.25) is 0 Å². The highest BCUT2D eigenvalue weighted by Crippen LogP contribution is 2.08. The number of aromatic amines is 1. The summed E-state index contributed by atoms with van der Waals surface area (Å²) in [6, 6.07) is 7.22. The van der Waals surface area contributed by atoms with Gasteiger partial charge in [-0.1, -0.05) is 12.1 Å². The molecule has 5 N–H and O–H groups in total. The molecule has 7 nitrogen and oxygen atoms in total. The molecule has 0 saturated heterocycles. The highest BCUT2D eigenvalue weighted by Gasteiger charge is 2.01. The van der Waals surface area contributed by atoms with E-state index in [1.807, 2.05) is 24.3 Å². The summed E-state index contributed by atoms with van der Waals surface area (Å²) in [5.74, 6) is 0.824. The van der Waals surface area contributed by atoms with Gasteiger partial charge in [-0.3, -0.25) is 5.10 Å². The number of urea groups is 1. The minimum Gasteiger partial charge on any atom is -0.338 e. The van der Waals surface area contributed by atoms with E-state index in [-0.39, 0.29) is 6.03 Å². The molecule has 0 atom stereocenters. The Hall–Kier alpha value is -2.41. The van der Waals surface area contributed by atoms with Crippen LogP contribution in [0, 0.1) is 0 Å². The van der Waals surface area contributed by atoms with Crippen LogP contribution in [-0.2, 0) is 13.0 Å². The molecule has 106 valence electrons. The maximum absolute atomic E-state index is 11.6. The zero-order valence-electron chi connectivity index (χ0n) is 11.1. The lowest BCUT2D eigenvalue weighted by atomic mass is 10.2. The van der Waals surface area contributed by atoms with Crippen LogP contribution in [-0.4, -0.2) is 27.8 Å². The first-order chi connectivity index (χ1) is 9.78. The highest BCUT2D eigenvalue weighted by atomic mass is 16.2. The molecule has 1 aromatic heterocycles. The summed E-state index contributed by atoms with van der Waals surface area (Å²) in [7, 11) is 0. The average molecular weight is 274 g/mol. The minimum atomic E-state index is -0.219. The molecule has 0 aliphatic rings. The fourth-order valence-electron chi connectivity index (χ4n) is 1.71. The van der Waals surface area contributed by atoms with Crippen molar-refractivity contribution < 1.29 is 4.79 Å². The van der Waals surface area contributed by atoms with Crippen molar-refractivity contribution in [2.45, 2.75) is 19.4 Å². The molecule has 1 aromatic carbocycles. The lowest BCUT2D eigenvalue weighted by Crippen LogP contribution is -2.29. The molecule has 7 heteroatoms. The van der Waals surface area contributed by atoms with Gasteiger partial charge in [0.05, 0.1) is 0 Å². The van der Waals surface area contributed by atoms with Gasteiger partial charge in [0.1, 0.15) is 12.2 Å². The van der Waals surface area contributed by atoms with E-state index in [1.54, 1.807) is 0 Å². The number of aryl methyl sites for hydroxylation is 1. The van der Waals surface area contributed by atoms with Crippen LogP contribution in [0.5, 0.6) is 0 Å². The van der Waals surface area contributed by atoms with Crippen LogP contribution in [0.25, 0.3) is 0 Å². The molecule has 0 radical (unpaired) electrons. The molecule has 2 aromatic rings. The molecular weight excluding hydrogens is 256 g/mol. The van der Waals surface area contributed by atoms with Crippen LogP contribution in [0.1, 0.15) is 17.8 Å². The second-order valence-corrected chi connectivity index (χ2v) is 4.32. The Bertz CT molecular complexity index is 522. The summed E-state index contributed by atoms with van der Waals surface area (Å²) in [5, 5.41) is 12.1. The van der Waals surface area contributed by atoms with Crippen molar-refractivity contribution in [1.29, 1.82) is 0 Å². The number of aromatic nitrogens is 3. The smallest absolute Gasteiger partial charge is 0.319 e. The van der Waals surface area contributed by atoms with Crippen molar-refractivity contribution in [3.63, 3.8) is 0 Å². The van der Waals surface area contributed by atoms with Gasteiger partial charge in [0.2, 0.25) is 0 Å². The normalized spacial score (nSPS) is 10.2. The maximum Gasteiger partial charge on any atom is 0.319 e.